The minimum Gasteiger partial charge on any atom is -0.480 e. The number of aromatic nitrogens is 4. The van der Waals surface area contributed by atoms with Gasteiger partial charge in [0.2, 0.25) is 5.88 Å². The van der Waals surface area contributed by atoms with Crippen molar-refractivity contribution in [1.29, 1.82) is 0 Å². The van der Waals surface area contributed by atoms with E-state index in [0.29, 0.717) is 23.1 Å². The number of nitrogens with two attached hydrogens (primary N) is 1. The van der Waals surface area contributed by atoms with E-state index in [1.165, 1.54) is 6.33 Å². The Balaban J connectivity index is 2.58. The molecule has 0 aliphatic heterocycles. The van der Waals surface area contributed by atoms with E-state index in [9.17, 15) is 0 Å². The summed E-state index contributed by atoms with van der Waals surface area (Å²) >= 11 is 0. The van der Waals surface area contributed by atoms with Crippen LogP contribution in [0.2, 0.25) is 0 Å². The van der Waals surface area contributed by atoms with Crippen molar-refractivity contribution in [3.8, 4) is 17.3 Å². The van der Waals surface area contributed by atoms with Crippen LogP contribution in [0, 0.1) is 0 Å². The standard InChI is InChI=1S/C12H17N5O/c1-4-7-8(5-2)17-11(16-7)9-10(13)14-6-15-12(9)18-3/h6H,4-5H2,1-3H3,(H,16,17)(H2,13,14,15). The maximum Gasteiger partial charge on any atom is 0.229 e. The maximum atomic E-state index is 5.88. The minimum absolute atomic E-state index is 0.362. The molecule has 18 heavy (non-hydrogen) atoms. The Hall–Kier alpha value is -2.11. The van der Waals surface area contributed by atoms with E-state index in [2.05, 4.69) is 33.8 Å². The second-order valence-electron chi connectivity index (χ2n) is 3.86. The number of hydrogen-bond donors (Lipinski definition) is 2. The number of imidazole rings is 1. The van der Waals surface area contributed by atoms with E-state index in [0.717, 1.165) is 24.2 Å². The zero-order chi connectivity index (χ0) is 13.1. The first-order valence-corrected chi connectivity index (χ1v) is 5.93. The number of aromatic amines is 1. The summed E-state index contributed by atoms with van der Waals surface area (Å²) in [5, 5.41) is 0. The van der Waals surface area contributed by atoms with Gasteiger partial charge in [-0.3, -0.25) is 0 Å². The first-order valence-electron chi connectivity index (χ1n) is 5.93. The number of hydrogen-bond acceptors (Lipinski definition) is 5. The molecule has 0 spiro atoms. The molecule has 0 bridgehead atoms. The normalized spacial score (nSPS) is 10.6. The Morgan fingerprint density at radius 2 is 2.06 bits per heavy atom. The van der Waals surface area contributed by atoms with Gasteiger partial charge in [-0.15, -0.1) is 0 Å². The summed E-state index contributed by atoms with van der Waals surface area (Å²) in [5.74, 6) is 1.46. The van der Waals surface area contributed by atoms with E-state index < -0.39 is 0 Å². The Morgan fingerprint density at radius 3 is 2.61 bits per heavy atom. The van der Waals surface area contributed by atoms with Crippen molar-refractivity contribution in [2.24, 2.45) is 0 Å². The van der Waals surface area contributed by atoms with Crippen LogP contribution < -0.4 is 10.5 Å². The van der Waals surface area contributed by atoms with Gasteiger partial charge in [0.25, 0.3) is 0 Å². The van der Waals surface area contributed by atoms with Crippen molar-refractivity contribution < 1.29 is 4.74 Å². The molecular formula is C12H17N5O. The van der Waals surface area contributed by atoms with Crippen molar-refractivity contribution in [2.75, 3.05) is 12.8 Å². The van der Waals surface area contributed by atoms with Crippen LogP contribution in [0.15, 0.2) is 6.33 Å². The van der Waals surface area contributed by atoms with Gasteiger partial charge in [-0.1, -0.05) is 13.8 Å². The predicted octanol–water partition coefficient (Wildman–Crippen LogP) is 1.58. The fourth-order valence-electron chi connectivity index (χ4n) is 1.91. The molecule has 3 N–H and O–H groups in total. The first-order chi connectivity index (χ1) is 8.71. The molecule has 2 rings (SSSR count). The lowest BCUT2D eigenvalue weighted by Gasteiger charge is -2.06. The summed E-state index contributed by atoms with van der Waals surface area (Å²) in [6.07, 6.45) is 3.14. The second-order valence-corrected chi connectivity index (χ2v) is 3.86. The summed E-state index contributed by atoms with van der Waals surface area (Å²) in [4.78, 5) is 15.8. The van der Waals surface area contributed by atoms with Crippen LogP contribution in [0.4, 0.5) is 5.82 Å². The van der Waals surface area contributed by atoms with Crippen LogP contribution in [0.3, 0.4) is 0 Å². The largest absolute Gasteiger partial charge is 0.480 e. The van der Waals surface area contributed by atoms with Crippen LogP contribution in [-0.4, -0.2) is 27.0 Å². The van der Waals surface area contributed by atoms with E-state index in [4.69, 9.17) is 10.5 Å². The van der Waals surface area contributed by atoms with Gasteiger partial charge in [-0.05, 0) is 12.8 Å². The van der Waals surface area contributed by atoms with Gasteiger partial charge in [0.15, 0.2) is 0 Å². The third-order valence-corrected chi connectivity index (χ3v) is 2.82. The summed E-state index contributed by atoms with van der Waals surface area (Å²) in [5.41, 5.74) is 8.65. The fraction of sp³-hybridized carbons (Fsp3) is 0.417. The molecule has 0 aromatic carbocycles. The Kier molecular flexibility index (Phi) is 3.45. The Labute approximate surface area is 106 Å². The molecule has 0 unspecified atom stereocenters. The molecule has 0 saturated heterocycles. The molecule has 2 heterocycles. The van der Waals surface area contributed by atoms with Crippen molar-refractivity contribution in [2.45, 2.75) is 26.7 Å². The topological polar surface area (TPSA) is 89.7 Å². The number of H-pyrrole nitrogens is 1. The Morgan fingerprint density at radius 1 is 1.28 bits per heavy atom. The SMILES string of the molecule is CCc1nc(-c2c(N)ncnc2OC)[nH]c1CC. The maximum absolute atomic E-state index is 5.88. The van der Waals surface area contributed by atoms with Gasteiger partial charge in [-0.25, -0.2) is 15.0 Å². The van der Waals surface area contributed by atoms with Crippen molar-refractivity contribution in [1.82, 2.24) is 19.9 Å². The molecule has 0 fully saturated rings. The first kappa shape index (κ1) is 12.3. The number of rotatable bonds is 4. The zero-order valence-corrected chi connectivity index (χ0v) is 10.8. The molecule has 0 amide bonds. The molecule has 0 aliphatic rings. The summed E-state index contributed by atoms with van der Waals surface area (Å²) < 4.78 is 5.21. The van der Waals surface area contributed by atoms with Gasteiger partial charge in [0.1, 0.15) is 23.5 Å². The molecule has 2 aromatic rings. The number of ether oxygens (including phenoxy) is 1. The highest BCUT2D eigenvalue weighted by molar-refractivity contribution is 5.73. The lowest BCUT2D eigenvalue weighted by molar-refractivity contribution is 0.398. The number of nitrogens with one attached hydrogen (secondary N) is 1. The summed E-state index contributed by atoms with van der Waals surface area (Å²) in [7, 11) is 1.55. The average molecular weight is 247 g/mol. The van der Waals surface area contributed by atoms with Crippen molar-refractivity contribution in [3.63, 3.8) is 0 Å². The highest BCUT2D eigenvalue weighted by Crippen LogP contribution is 2.30. The third-order valence-electron chi connectivity index (χ3n) is 2.82. The highest BCUT2D eigenvalue weighted by Gasteiger charge is 2.17. The summed E-state index contributed by atoms with van der Waals surface area (Å²) in [6.45, 7) is 4.15. The van der Waals surface area contributed by atoms with Crippen LogP contribution in [0.25, 0.3) is 11.4 Å². The molecule has 6 nitrogen and oxygen atoms in total. The van der Waals surface area contributed by atoms with Gasteiger partial charge in [0, 0.05) is 5.69 Å². The summed E-state index contributed by atoms with van der Waals surface area (Å²) in [6, 6.07) is 0. The number of aryl methyl sites for hydroxylation is 2. The van der Waals surface area contributed by atoms with Crippen LogP contribution >= 0.6 is 0 Å². The molecule has 96 valence electrons. The second kappa shape index (κ2) is 5.03. The molecule has 6 heteroatoms. The van der Waals surface area contributed by atoms with Crippen molar-refractivity contribution >= 4 is 5.82 Å². The van der Waals surface area contributed by atoms with E-state index in [1.807, 2.05) is 0 Å². The predicted molar refractivity (Wildman–Crippen MR) is 69.3 cm³/mol. The Bertz CT molecular complexity index is 528. The fourth-order valence-corrected chi connectivity index (χ4v) is 1.91. The van der Waals surface area contributed by atoms with E-state index in [1.54, 1.807) is 7.11 Å². The molecule has 0 atom stereocenters. The van der Waals surface area contributed by atoms with Crippen molar-refractivity contribution in [3.05, 3.63) is 17.7 Å². The molecular weight excluding hydrogens is 230 g/mol. The third kappa shape index (κ3) is 2.01. The van der Waals surface area contributed by atoms with Crippen LogP contribution in [0.1, 0.15) is 25.2 Å². The van der Waals surface area contributed by atoms with Gasteiger partial charge in [-0.2, -0.15) is 0 Å². The number of methoxy groups -OCH3 is 1. The molecule has 2 aromatic heterocycles. The molecule has 0 saturated carbocycles. The monoisotopic (exact) mass is 247 g/mol. The number of nitrogen functional groups attached to an aromatic ring is 1. The molecule has 0 aliphatic carbocycles. The molecule has 0 radical (unpaired) electrons. The average Bonchev–Trinajstić information content (AvgIpc) is 2.81. The highest BCUT2D eigenvalue weighted by atomic mass is 16.5. The van der Waals surface area contributed by atoms with Gasteiger partial charge >= 0.3 is 0 Å². The number of nitrogens with zero attached hydrogens (tertiary/aromatic N) is 3. The van der Waals surface area contributed by atoms with Crippen LogP contribution in [-0.2, 0) is 12.8 Å². The smallest absolute Gasteiger partial charge is 0.229 e. The zero-order valence-electron chi connectivity index (χ0n) is 10.8. The van der Waals surface area contributed by atoms with Crippen LogP contribution in [0.5, 0.6) is 5.88 Å². The lowest BCUT2D eigenvalue weighted by Crippen LogP contribution is -2.00. The quantitative estimate of drug-likeness (QED) is 0.856. The number of anilines is 1. The van der Waals surface area contributed by atoms with E-state index in [-0.39, 0.29) is 0 Å². The van der Waals surface area contributed by atoms with E-state index >= 15 is 0 Å². The lowest BCUT2D eigenvalue weighted by atomic mass is 10.2. The van der Waals surface area contributed by atoms with Gasteiger partial charge < -0.3 is 15.5 Å². The van der Waals surface area contributed by atoms with Gasteiger partial charge in [0.05, 0.1) is 12.8 Å². The minimum atomic E-state index is 0.362.